The van der Waals surface area contributed by atoms with Crippen molar-refractivity contribution in [3.63, 3.8) is 0 Å². The van der Waals surface area contributed by atoms with Crippen molar-refractivity contribution in [3.05, 3.63) is 68.7 Å². The molecule has 1 aliphatic rings. The Balaban J connectivity index is 1.71. The van der Waals surface area contributed by atoms with Crippen molar-refractivity contribution in [1.29, 1.82) is 0 Å². The van der Waals surface area contributed by atoms with Crippen LogP contribution < -0.4 is 4.80 Å². The Morgan fingerprint density at radius 3 is 2.54 bits per heavy atom. The summed E-state index contributed by atoms with van der Waals surface area (Å²) in [6, 6.07) is 16.8. The van der Waals surface area contributed by atoms with Gasteiger partial charge in [-0.15, -0.1) is 11.3 Å². The minimum absolute atomic E-state index is 0.828. The van der Waals surface area contributed by atoms with E-state index >= 15 is 0 Å². The third kappa shape index (κ3) is 4.63. The van der Waals surface area contributed by atoms with Crippen LogP contribution in [0.15, 0.2) is 63.4 Å². The number of nitrogens with zero attached hydrogens (tertiary/aromatic N) is 3. The first-order valence-electron chi connectivity index (χ1n) is 9.55. The quantitative estimate of drug-likeness (QED) is 0.547. The molecule has 1 aromatic heterocycles. The first kappa shape index (κ1) is 19.6. The lowest BCUT2D eigenvalue weighted by molar-refractivity contribution is 0.0363. The van der Waals surface area contributed by atoms with E-state index in [1.807, 2.05) is 6.07 Å². The van der Waals surface area contributed by atoms with Crippen LogP contribution in [0.3, 0.4) is 0 Å². The summed E-state index contributed by atoms with van der Waals surface area (Å²) in [5, 5.41) is 2.22. The van der Waals surface area contributed by atoms with Gasteiger partial charge in [-0.05, 0) is 36.2 Å². The second kappa shape index (κ2) is 9.18. The second-order valence-electron chi connectivity index (χ2n) is 6.91. The zero-order valence-corrected chi connectivity index (χ0v) is 18.4. The third-order valence-electron chi connectivity index (χ3n) is 5.01. The molecular weight excluding hydrogens is 434 g/mol. The lowest BCUT2D eigenvalue weighted by Crippen LogP contribution is -2.39. The van der Waals surface area contributed by atoms with Gasteiger partial charge in [-0.1, -0.05) is 46.3 Å². The summed E-state index contributed by atoms with van der Waals surface area (Å²) in [5.41, 5.74) is 4.67. The molecule has 2 heterocycles. The minimum atomic E-state index is 0.828. The number of thiazole rings is 1. The molecular formula is C22H24BrN3OS. The molecule has 0 bridgehead atoms. The normalized spacial score (nSPS) is 15.9. The molecule has 0 radical (unpaired) electrons. The summed E-state index contributed by atoms with van der Waals surface area (Å²) in [5.74, 6) is 0. The van der Waals surface area contributed by atoms with E-state index in [0.717, 1.165) is 54.4 Å². The van der Waals surface area contributed by atoms with Crippen LogP contribution in [0.1, 0.15) is 5.56 Å². The highest BCUT2D eigenvalue weighted by atomic mass is 79.9. The molecule has 6 heteroatoms. The van der Waals surface area contributed by atoms with Crippen molar-refractivity contribution in [1.82, 2.24) is 9.47 Å². The minimum Gasteiger partial charge on any atom is -0.379 e. The molecule has 1 saturated heterocycles. The largest absolute Gasteiger partial charge is 0.379 e. The summed E-state index contributed by atoms with van der Waals surface area (Å²) >= 11 is 5.24. The van der Waals surface area contributed by atoms with E-state index in [9.17, 15) is 0 Å². The number of aromatic nitrogens is 1. The topological polar surface area (TPSA) is 29.8 Å². The van der Waals surface area contributed by atoms with Gasteiger partial charge in [0.15, 0.2) is 4.80 Å². The smallest absolute Gasteiger partial charge is 0.190 e. The number of rotatable bonds is 5. The average Bonchev–Trinajstić information content (AvgIpc) is 3.12. The van der Waals surface area contributed by atoms with Crippen molar-refractivity contribution in [2.75, 3.05) is 32.8 Å². The van der Waals surface area contributed by atoms with Crippen molar-refractivity contribution < 1.29 is 4.74 Å². The Labute approximate surface area is 178 Å². The Bertz CT molecular complexity index is 988. The Kier molecular flexibility index (Phi) is 6.42. The van der Waals surface area contributed by atoms with E-state index in [1.165, 1.54) is 16.8 Å². The maximum Gasteiger partial charge on any atom is 0.190 e. The van der Waals surface area contributed by atoms with E-state index in [-0.39, 0.29) is 0 Å². The molecule has 0 spiro atoms. The number of hydrogen-bond donors (Lipinski definition) is 0. The van der Waals surface area contributed by atoms with Gasteiger partial charge in [-0.3, -0.25) is 4.90 Å². The number of para-hydroxylation sites is 1. The lowest BCUT2D eigenvalue weighted by Gasteiger charge is -2.26. The van der Waals surface area contributed by atoms with Crippen LogP contribution in [-0.2, 0) is 11.3 Å². The van der Waals surface area contributed by atoms with Crippen LogP contribution in [0.5, 0.6) is 0 Å². The van der Waals surface area contributed by atoms with Crippen molar-refractivity contribution in [2.45, 2.75) is 13.5 Å². The summed E-state index contributed by atoms with van der Waals surface area (Å²) in [6.07, 6.45) is 0. The Morgan fingerprint density at radius 2 is 1.79 bits per heavy atom. The number of hydrogen-bond acceptors (Lipinski definition) is 4. The zero-order valence-electron chi connectivity index (χ0n) is 16.0. The highest BCUT2D eigenvalue weighted by molar-refractivity contribution is 9.10. The molecule has 28 heavy (non-hydrogen) atoms. The molecule has 0 N–H and O–H groups in total. The first-order chi connectivity index (χ1) is 13.7. The molecule has 0 atom stereocenters. The van der Waals surface area contributed by atoms with Crippen molar-refractivity contribution >= 4 is 33.0 Å². The maximum atomic E-state index is 5.49. The van der Waals surface area contributed by atoms with Gasteiger partial charge in [0.1, 0.15) is 0 Å². The van der Waals surface area contributed by atoms with Crippen molar-refractivity contribution in [2.24, 2.45) is 4.99 Å². The standard InChI is InChI=1S/C22H24BrN3OS/c1-17-4-2-3-5-20(17)24-22-26(11-10-25-12-14-27-15-13-25)21(16-28-22)18-6-8-19(23)9-7-18/h2-9,16H,10-15H2,1H3. The summed E-state index contributed by atoms with van der Waals surface area (Å²) < 4.78 is 8.94. The van der Waals surface area contributed by atoms with Gasteiger partial charge in [0.05, 0.1) is 24.6 Å². The van der Waals surface area contributed by atoms with Gasteiger partial charge < -0.3 is 9.30 Å². The highest BCUT2D eigenvalue weighted by Crippen LogP contribution is 2.24. The van der Waals surface area contributed by atoms with Crippen LogP contribution in [0.2, 0.25) is 0 Å². The summed E-state index contributed by atoms with van der Waals surface area (Å²) in [7, 11) is 0. The van der Waals surface area contributed by atoms with Crippen molar-refractivity contribution in [3.8, 4) is 11.3 Å². The van der Waals surface area contributed by atoms with E-state index in [2.05, 4.69) is 80.2 Å². The third-order valence-corrected chi connectivity index (χ3v) is 6.41. The van der Waals surface area contributed by atoms with Crippen LogP contribution in [-0.4, -0.2) is 42.3 Å². The van der Waals surface area contributed by atoms with Gasteiger partial charge in [0.25, 0.3) is 0 Å². The molecule has 4 nitrogen and oxygen atoms in total. The average molecular weight is 458 g/mol. The van der Waals surface area contributed by atoms with E-state index < -0.39 is 0 Å². The fourth-order valence-electron chi connectivity index (χ4n) is 3.34. The van der Waals surface area contributed by atoms with E-state index in [0.29, 0.717) is 0 Å². The predicted molar refractivity (Wildman–Crippen MR) is 119 cm³/mol. The molecule has 2 aromatic carbocycles. The molecule has 0 aliphatic carbocycles. The molecule has 1 fully saturated rings. The number of ether oxygens (including phenoxy) is 1. The van der Waals surface area contributed by atoms with Gasteiger partial charge in [-0.25, -0.2) is 4.99 Å². The predicted octanol–water partition coefficient (Wildman–Crippen LogP) is 4.85. The Morgan fingerprint density at radius 1 is 1.04 bits per heavy atom. The molecule has 3 aromatic rings. The van der Waals surface area contributed by atoms with Crippen LogP contribution >= 0.6 is 27.3 Å². The fourth-order valence-corrected chi connectivity index (χ4v) is 4.56. The SMILES string of the molecule is Cc1ccccc1N=c1scc(-c2ccc(Br)cc2)n1CCN1CCOCC1. The van der Waals surface area contributed by atoms with Gasteiger partial charge in [0, 0.05) is 36.0 Å². The Hall–Kier alpha value is -1.73. The van der Waals surface area contributed by atoms with Crippen LogP contribution in [0.25, 0.3) is 11.3 Å². The molecule has 146 valence electrons. The molecule has 4 rings (SSSR count). The van der Waals surface area contributed by atoms with E-state index in [4.69, 9.17) is 9.73 Å². The molecule has 0 saturated carbocycles. The van der Waals surface area contributed by atoms with Gasteiger partial charge in [-0.2, -0.15) is 0 Å². The van der Waals surface area contributed by atoms with Crippen LogP contribution in [0.4, 0.5) is 5.69 Å². The van der Waals surface area contributed by atoms with Gasteiger partial charge in [0.2, 0.25) is 0 Å². The molecule has 0 unspecified atom stereocenters. The number of morpholine rings is 1. The second-order valence-corrected chi connectivity index (χ2v) is 8.67. The number of aryl methyl sites for hydroxylation is 1. The number of halogens is 1. The fraction of sp³-hybridized carbons (Fsp3) is 0.318. The monoisotopic (exact) mass is 457 g/mol. The molecule has 1 aliphatic heterocycles. The zero-order chi connectivity index (χ0) is 19.3. The summed E-state index contributed by atoms with van der Waals surface area (Å²) in [4.78, 5) is 8.51. The number of benzene rings is 2. The highest BCUT2D eigenvalue weighted by Gasteiger charge is 2.13. The molecule has 0 amide bonds. The first-order valence-corrected chi connectivity index (χ1v) is 11.2. The van der Waals surface area contributed by atoms with E-state index in [1.54, 1.807) is 11.3 Å². The maximum absolute atomic E-state index is 5.49. The summed E-state index contributed by atoms with van der Waals surface area (Å²) in [6.45, 7) is 7.69. The lowest BCUT2D eigenvalue weighted by atomic mass is 10.2. The van der Waals surface area contributed by atoms with Gasteiger partial charge >= 0.3 is 0 Å². The van der Waals surface area contributed by atoms with Crippen LogP contribution in [0, 0.1) is 6.92 Å².